The van der Waals surface area contributed by atoms with Gasteiger partial charge in [0.25, 0.3) is 0 Å². The fraction of sp³-hybridized carbons (Fsp3) is 0.357. The van der Waals surface area contributed by atoms with E-state index in [1.54, 1.807) is 18.2 Å². The molecule has 0 heterocycles. The first-order chi connectivity index (χ1) is 18.9. The lowest BCUT2D eigenvalue weighted by atomic mass is 9.36. The minimum atomic E-state index is -0.641. The SMILES string of the molecule is O=[N+]([O-])c1cc(C23CC4CC(c5ccc(O)c([N+](=O)[O-])c5)(C2)CC(c2ccc(O)c([N+](=O)[O-])c2)(C4)C3)ccc1O. The third-order valence-electron chi connectivity index (χ3n) is 9.42. The Balaban J connectivity index is 1.58. The van der Waals surface area contributed by atoms with E-state index < -0.39 is 65.3 Å². The van der Waals surface area contributed by atoms with Crippen LogP contribution in [-0.2, 0) is 16.2 Å². The van der Waals surface area contributed by atoms with E-state index in [0.29, 0.717) is 55.2 Å². The van der Waals surface area contributed by atoms with E-state index in [2.05, 4.69) is 0 Å². The number of aromatic hydroxyl groups is 3. The summed E-state index contributed by atoms with van der Waals surface area (Å²) in [6.45, 7) is 0. The minimum absolute atomic E-state index is 0.0878. The van der Waals surface area contributed by atoms with Crippen LogP contribution < -0.4 is 0 Å². The molecule has 0 unspecified atom stereocenters. The van der Waals surface area contributed by atoms with Gasteiger partial charge in [0.1, 0.15) is 0 Å². The summed E-state index contributed by atoms with van der Waals surface area (Å²) in [4.78, 5) is 33.2. The van der Waals surface area contributed by atoms with E-state index in [-0.39, 0.29) is 5.92 Å². The summed E-state index contributed by atoms with van der Waals surface area (Å²) < 4.78 is 0. The van der Waals surface area contributed by atoms with Crippen LogP contribution in [0.25, 0.3) is 0 Å². The van der Waals surface area contributed by atoms with E-state index >= 15 is 0 Å². The van der Waals surface area contributed by atoms with E-state index in [4.69, 9.17) is 0 Å². The molecule has 3 aromatic carbocycles. The van der Waals surface area contributed by atoms with Gasteiger partial charge in [0, 0.05) is 18.2 Å². The summed E-state index contributed by atoms with van der Waals surface area (Å²) in [6, 6.07) is 13.1. The van der Waals surface area contributed by atoms with Crippen LogP contribution in [0.5, 0.6) is 17.2 Å². The number of hydrogen-bond acceptors (Lipinski definition) is 9. The van der Waals surface area contributed by atoms with Crippen molar-refractivity contribution in [3.8, 4) is 17.2 Å². The van der Waals surface area contributed by atoms with Crippen LogP contribution in [0.4, 0.5) is 17.1 Å². The predicted molar refractivity (Wildman–Crippen MR) is 141 cm³/mol. The molecule has 3 aromatic rings. The lowest BCUT2D eigenvalue weighted by Crippen LogP contribution is -2.62. The molecule has 3 N–H and O–H groups in total. The Labute approximate surface area is 227 Å². The maximum Gasteiger partial charge on any atom is 0.310 e. The zero-order valence-corrected chi connectivity index (χ0v) is 21.1. The summed E-state index contributed by atoms with van der Waals surface area (Å²) in [5.41, 5.74) is -1.15. The third kappa shape index (κ3) is 3.66. The lowest BCUT2D eigenvalue weighted by molar-refractivity contribution is -0.386. The van der Waals surface area contributed by atoms with Crippen LogP contribution in [0, 0.1) is 36.3 Å². The maximum atomic E-state index is 11.7. The van der Waals surface area contributed by atoms with Crippen molar-refractivity contribution in [2.75, 3.05) is 0 Å². The number of benzene rings is 3. The average Bonchev–Trinajstić information content (AvgIpc) is 2.88. The highest BCUT2D eigenvalue weighted by molar-refractivity contribution is 5.56. The second kappa shape index (κ2) is 8.38. The zero-order chi connectivity index (χ0) is 28.6. The quantitative estimate of drug-likeness (QED) is 0.259. The summed E-state index contributed by atoms with van der Waals surface area (Å²) in [6.07, 6.45) is 3.63. The molecule has 0 amide bonds. The summed E-state index contributed by atoms with van der Waals surface area (Å²) >= 11 is 0. The molecule has 4 fully saturated rings. The van der Waals surface area contributed by atoms with Gasteiger partial charge < -0.3 is 15.3 Å². The van der Waals surface area contributed by atoms with Crippen molar-refractivity contribution in [3.63, 3.8) is 0 Å². The van der Waals surface area contributed by atoms with Crippen molar-refractivity contribution >= 4 is 17.1 Å². The lowest BCUT2D eigenvalue weighted by Gasteiger charge is -2.67. The van der Waals surface area contributed by atoms with Crippen LogP contribution >= 0.6 is 0 Å². The van der Waals surface area contributed by atoms with Gasteiger partial charge in [-0.05, 0) is 95.6 Å². The largest absolute Gasteiger partial charge is 0.502 e. The predicted octanol–water partition coefficient (Wildman–Crippen LogP) is 5.64. The zero-order valence-electron chi connectivity index (χ0n) is 21.1. The Kier molecular flexibility index (Phi) is 5.35. The first-order valence-corrected chi connectivity index (χ1v) is 12.8. The molecule has 0 saturated heterocycles. The van der Waals surface area contributed by atoms with E-state index in [0.717, 1.165) is 0 Å². The Bertz CT molecular complexity index is 1420. The van der Waals surface area contributed by atoms with E-state index in [9.17, 15) is 45.7 Å². The van der Waals surface area contributed by atoms with Gasteiger partial charge in [0.15, 0.2) is 17.2 Å². The highest BCUT2D eigenvalue weighted by Gasteiger charge is 2.65. The summed E-state index contributed by atoms with van der Waals surface area (Å²) in [5, 5.41) is 65.6. The standard InChI is InChI=1S/C28H25N3O9/c32-23-4-1-17(7-20(23)29(35)36)26-10-16-11-27(13-26,18-2-5-24(33)21(8-18)30(37)38)15-28(12-16,14-26)19-3-6-25(34)22(9-19)31(39)40/h1-9,16,32-34H,10-15H2. The van der Waals surface area contributed by atoms with Crippen LogP contribution in [0.3, 0.4) is 0 Å². The average molecular weight is 548 g/mol. The van der Waals surface area contributed by atoms with Crippen molar-refractivity contribution in [2.45, 2.75) is 54.8 Å². The molecule has 4 aliphatic carbocycles. The number of nitro benzene ring substituents is 3. The van der Waals surface area contributed by atoms with Crippen LogP contribution in [-0.4, -0.2) is 30.1 Å². The van der Waals surface area contributed by atoms with Crippen molar-refractivity contribution in [2.24, 2.45) is 5.92 Å². The Morgan fingerprint density at radius 3 is 1.07 bits per heavy atom. The molecule has 0 radical (unpaired) electrons. The van der Waals surface area contributed by atoms with Gasteiger partial charge in [-0.2, -0.15) is 0 Å². The van der Waals surface area contributed by atoms with Crippen molar-refractivity contribution in [1.29, 1.82) is 0 Å². The van der Waals surface area contributed by atoms with Crippen LogP contribution in [0.2, 0.25) is 0 Å². The number of phenolic OH excluding ortho intramolecular Hbond substituents is 3. The maximum absolute atomic E-state index is 11.7. The number of nitrogens with zero attached hydrogens (tertiary/aromatic N) is 3. The first-order valence-electron chi connectivity index (χ1n) is 12.8. The van der Waals surface area contributed by atoms with Gasteiger partial charge in [0.05, 0.1) is 14.8 Å². The molecule has 4 aliphatic rings. The summed E-state index contributed by atoms with van der Waals surface area (Å²) in [7, 11) is 0. The Hall–Kier alpha value is -4.74. The number of rotatable bonds is 6. The van der Waals surface area contributed by atoms with Gasteiger partial charge in [-0.15, -0.1) is 0 Å². The number of phenols is 3. The van der Waals surface area contributed by atoms with Gasteiger partial charge in [-0.3, -0.25) is 30.3 Å². The second-order valence-electron chi connectivity index (χ2n) is 11.7. The smallest absolute Gasteiger partial charge is 0.310 e. The van der Waals surface area contributed by atoms with Crippen molar-refractivity contribution in [3.05, 3.63) is 102 Å². The molecule has 12 nitrogen and oxygen atoms in total. The summed E-state index contributed by atoms with van der Waals surface area (Å²) in [5.74, 6) is -1.27. The molecule has 0 aliphatic heterocycles. The van der Waals surface area contributed by atoms with Gasteiger partial charge in [0.2, 0.25) is 0 Å². The molecule has 0 spiro atoms. The highest BCUT2D eigenvalue weighted by atomic mass is 16.6. The molecule has 0 atom stereocenters. The molecule has 12 heteroatoms. The van der Waals surface area contributed by atoms with Gasteiger partial charge in [-0.1, -0.05) is 18.2 Å². The number of nitro groups is 3. The van der Waals surface area contributed by atoms with Crippen molar-refractivity contribution in [1.82, 2.24) is 0 Å². The van der Waals surface area contributed by atoms with E-state index in [1.165, 1.54) is 36.4 Å². The fourth-order valence-corrected chi connectivity index (χ4v) is 8.40. The van der Waals surface area contributed by atoms with Gasteiger partial charge in [-0.25, -0.2) is 0 Å². The van der Waals surface area contributed by atoms with Crippen LogP contribution in [0.1, 0.15) is 55.2 Å². The molecule has 7 rings (SSSR count). The molecule has 206 valence electrons. The fourth-order valence-electron chi connectivity index (χ4n) is 8.40. The van der Waals surface area contributed by atoms with Crippen LogP contribution in [0.15, 0.2) is 54.6 Å². The second-order valence-corrected chi connectivity index (χ2v) is 11.7. The number of hydrogen-bond donors (Lipinski definition) is 3. The molecular formula is C28H25N3O9. The topological polar surface area (TPSA) is 190 Å². The van der Waals surface area contributed by atoms with Gasteiger partial charge >= 0.3 is 17.1 Å². The van der Waals surface area contributed by atoms with Crippen molar-refractivity contribution < 1.29 is 30.1 Å². The third-order valence-corrected chi connectivity index (χ3v) is 9.42. The molecule has 40 heavy (non-hydrogen) atoms. The Morgan fingerprint density at radius 2 is 0.825 bits per heavy atom. The normalized spacial score (nSPS) is 28.4. The first kappa shape index (κ1) is 25.5. The van der Waals surface area contributed by atoms with E-state index in [1.807, 2.05) is 0 Å². The Morgan fingerprint density at radius 1 is 0.550 bits per heavy atom. The molecule has 4 saturated carbocycles. The molecular weight excluding hydrogens is 522 g/mol. The monoisotopic (exact) mass is 547 g/mol. The molecule has 0 aromatic heterocycles. The minimum Gasteiger partial charge on any atom is -0.502 e. The molecule has 4 bridgehead atoms. The highest BCUT2D eigenvalue weighted by Crippen LogP contribution is 2.71.